The van der Waals surface area contributed by atoms with Crippen LogP contribution < -0.4 is 5.32 Å². The molecule has 27 heavy (non-hydrogen) atoms. The number of amides is 3. The van der Waals surface area contributed by atoms with Crippen LogP contribution in [-0.4, -0.2) is 89.9 Å². The summed E-state index contributed by atoms with van der Waals surface area (Å²) in [7, 11) is -9.11. The fourth-order valence-corrected chi connectivity index (χ4v) is 4.69. The van der Waals surface area contributed by atoms with Crippen molar-refractivity contribution >= 4 is 32.6 Å². The maximum absolute atomic E-state index is 12.6. The van der Waals surface area contributed by atoms with Crippen LogP contribution in [0.4, 0.5) is 4.79 Å². The van der Waals surface area contributed by atoms with Crippen LogP contribution in [0, 0.1) is 0 Å². The molecule has 15 heteroatoms. The summed E-state index contributed by atoms with van der Waals surface area (Å²) in [5.74, 6) is -0.430. The second-order valence-corrected chi connectivity index (χ2v) is 9.09. The number of rotatable bonds is 5. The summed E-state index contributed by atoms with van der Waals surface area (Å²) in [6, 6.07) is -2.53. The van der Waals surface area contributed by atoms with Crippen LogP contribution in [0.5, 0.6) is 0 Å². The number of hydrogen-bond donors (Lipinski definition) is 3. The van der Waals surface area contributed by atoms with Gasteiger partial charge in [-0.15, -0.1) is 4.28 Å². The second-order valence-electron chi connectivity index (χ2n) is 6.67. The first-order chi connectivity index (χ1) is 12.5. The van der Waals surface area contributed by atoms with Gasteiger partial charge in [0.2, 0.25) is 5.91 Å². The summed E-state index contributed by atoms with van der Waals surface area (Å²) < 4.78 is 66.9. The van der Waals surface area contributed by atoms with E-state index >= 15 is 0 Å². The molecule has 3 aliphatic rings. The van der Waals surface area contributed by atoms with Gasteiger partial charge in [-0.25, -0.2) is 4.79 Å². The SMILES string of the molecule is O=C(NC1CCN(S(=O)(=O)O)CC1)[C@@H]1CC[C@@H]2CN1C(=O)N2OS(=O)(=O)O. The molecule has 0 saturated carbocycles. The molecule has 0 aromatic heterocycles. The molecule has 2 atom stereocenters. The zero-order valence-electron chi connectivity index (χ0n) is 14.1. The first-order valence-corrected chi connectivity index (χ1v) is 11.0. The molecule has 154 valence electrons. The van der Waals surface area contributed by atoms with Crippen molar-refractivity contribution in [3.63, 3.8) is 0 Å². The first-order valence-electron chi connectivity index (χ1n) is 8.25. The Balaban J connectivity index is 1.58. The lowest BCUT2D eigenvalue weighted by molar-refractivity contribution is -0.127. The summed E-state index contributed by atoms with van der Waals surface area (Å²) in [5, 5.41) is 3.33. The van der Waals surface area contributed by atoms with Crippen LogP contribution in [0.2, 0.25) is 0 Å². The molecular weight excluding hydrogens is 408 g/mol. The van der Waals surface area contributed by atoms with Gasteiger partial charge in [0.1, 0.15) is 6.04 Å². The van der Waals surface area contributed by atoms with E-state index in [4.69, 9.17) is 9.11 Å². The van der Waals surface area contributed by atoms with E-state index in [2.05, 4.69) is 9.60 Å². The second kappa shape index (κ2) is 7.14. The van der Waals surface area contributed by atoms with Crippen LogP contribution in [0.25, 0.3) is 0 Å². The molecule has 0 aromatic carbocycles. The molecule has 0 spiro atoms. The fraction of sp³-hybridized carbons (Fsp3) is 0.833. The highest BCUT2D eigenvalue weighted by Gasteiger charge is 2.49. The predicted octanol–water partition coefficient (Wildman–Crippen LogP) is -1.63. The Morgan fingerprint density at radius 3 is 2.26 bits per heavy atom. The van der Waals surface area contributed by atoms with Crippen LogP contribution in [0.3, 0.4) is 0 Å². The molecule has 2 bridgehead atoms. The Kier molecular flexibility index (Phi) is 5.35. The largest absolute Gasteiger partial charge is 0.418 e. The molecule has 0 aliphatic carbocycles. The third kappa shape index (κ3) is 4.49. The summed E-state index contributed by atoms with van der Waals surface area (Å²) in [6.45, 7) is 0.220. The Morgan fingerprint density at radius 2 is 1.70 bits per heavy atom. The normalized spacial score (nSPS) is 27.9. The van der Waals surface area contributed by atoms with Gasteiger partial charge in [0.25, 0.3) is 0 Å². The Morgan fingerprint density at radius 1 is 1.07 bits per heavy atom. The maximum atomic E-state index is 12.6. The standard InChI is InChI=1S/C12H20N4O9S2/c17-11(13-8-3-5-14(6-4-8)26(19,20)21)10-2-1-9-7-15(10)12(18)16(9)25-27(22,23)24/h8-10H,1-7H2,(H,13,17)(H,19,20,21)(H,22,23,24)/t9-,10+/m1/s1. The van der Waals surface area contributed by atoms with E-state index in [1.165, 1.54) is 4.90 Å². The van der Waals surface area contributed by atoms with E-state index in [0.29, 0.717) is 24.3 Å². The Bertz CT molecular complexity index is 822. The van der Waals surface area contributed by atoms with E-state index in [0.717, 1.165) is 4.31 Å². The Hall–Kier alpha value is -1.52. The molecule has 3 N–H and O–H groups in total. The van der Waals surface area contributed by atoms with Gasteiger partial charge in [0.05, 0.1) is 6.04 Å². The van der Waals surface area contributed by atoms with Crippen molar-refractivity contribution in [2.75, 3.05) is 19.6 Å². The minimum Gasteiger partial charge on any atom is -0.351 e. The molecule has 3 amide bonds. The molecule has 0 radical (unpaired) electrons. The van der Waals surface area contributed by atoms with Gasteiger partial charge >= 0.3 is 26.7 Å². The van der Waals surface area contributed by atoms with Crippen molar-refractivity contribution in [1.29, 1.82) is 0 Å². The quantitative estimate of drug-likeness (QED) is 0.434. The number of fused-ring (bicyclic) bond motifs is 2. The van der Waals surface area contributed by atoms with Gasteiger partial charge in [-0.2, -0.15) is 26.2 Å². The molecule has 0 aromatic rings. The van der Waals surface area contributed by atoms with Gasteiger partial charge < -0.3 is 10.2 Å². The van der Waals surface area contributed by atoms with Gasteiger partial charge in [-0.3, -0.25) is 13.9 Å². The van der Waals surface area contributed by atoms with Crippen LogP contribution in [-0.2, 0) is 29.8 Å². The van der Waals surface area contributed by atoms with Crippen molar-refractivity contribution in [3.8, 4) is 0 Å². The average Bonchev–Trinajstić information content (AvgIpc) is 2.78. The average molecular weight is 428 g/mol. The lowest BCUT2D eigenvalue weighted by Gasteiger charge is -2.33. The number of hydrogen-bond acceptors (Lipinski definition) is 7. The van der Waals surface area contributed by atoms with Crippen LogP contribution >= 0.6 is 0 Å². The van der Waals surface area contributed by atoms with Gasteiger partial charge in [0, 0.05) is 25.7 Å². The number of carbonyl (C=O) groups excluding carboxylic acids is 2. The zero-order valence-corrected chi connectivity index (χ0v) is 15.7. The van der Waals surface area contributed by atoms with E-state index in [1.54, 1.807) is 0 Å². The zero-order chi connectivity index (χ0) is 20.0. The maximum Gasteiger partial charge on any atom is 0.418 e. The van der Waals surface area contributed by atoms with Gasteiger partial charge in [-0.1, -0.05) is 0 Å². The van der Waals surface area contributed by atoms with E-state index in [1.807, 2.05) is 0 Å². The summed E-state index contributed by atoms with van der Waals surface area (Å²) in [6.07, 6.45) is 1.23. The molecule has 0 unspecified atom stereocenters. The number of piperidine rings is 2. The van der Waals surface area contributed by atoms with Crippen molar-refractivity contribution < 1.29 is 39.8 Å². The number of nitrogens with one attached hydrogen (secondary N) is 1. The third-order valence-electron chi connectivity index (χ3n) is 4.93. The molecule has 3 rings (SSSR count). The van der Waals surface area contributed by atoms with Gasteiger partial charge in [-0.05, 0) is 25.7 Å². The smallest absolute Gasteiger partial charge is 0.351 e. The predicted molar refractivity (Wildman–Crippen MR) is 87.7 cm³/mol. The van der Waals surface area contributed by atoms with E-state index < -0.39 is 44.7 Å². The summed E-state index contributed by atoms with van der Waals surface area (Å²) >= 11 is 0. The van der Waals surface area contributed by atoms with Crippen molar-refractivity contribution in [2.45, 2.75) is 43.8 Å². The number of urea groups is 1. The highest BCUT2D eigenvalue weighted by atomic mass is 32.3. The van der Waals surface area contributed by atoms with Crippen molar-refractivity contribution in [2.24, 2.45) is 0 Å². The molecule has 3 saturated heterocycles. The first kappa shape index (κ1) is 20.2. The number of nitrogens with zero attached hydrogens (tertiary/aromatic N) is 3. The number of carbonyl (C=O) groups is 2. The highest BCUT2D eigenvalue weighted by Crippen LogP contribution is 2.31. The highest BCUT2D eigenvalue weighted by molar-refractivity contribution is 7.83. The van der Waals surface area contributed by atoms with Crippen molar-refractivity contribution in [3.05, 3.63) is 0 Å². The lowest BCUT2D eigenvalue weighted by atomic mass is 9.99. The molecule has 13 nitrogen and oxygen atoms in total. The molecular formula is C12H20N4O9S2. The van der Waals surface area contributed by atoms with Crippen LogP contribution in [0.1, 0.15) is 25.7 Å². The topological polar surface area (TPSA) is 174 Å². The van der Waals surface area contributed by atoms with Crippen LogP contribution in [0.15, 0.2) is 0 Å². The molecule has 3 heterocycles. The summed E-state index contributed by atoms with van der Waals surface area (Å²) in [4.78, 5) is 26.0. The molecule has 3 aliphatic heterocycles. The number of hydroxylamine groups is 2. The molecule has 3 fully saturated rings. The van der Waals surface area contributed by atoms with E-state index in [9.17, 15) is 26.4 Å². The summed E-state index contributed by atoms with van der Waals surface area (Å²) in [5.41, 5.74) is 0. The minimum atomic E-state index is -4.85. The van der Waals surface area contributed by atoms with Gasteiger partial charge in [0.15, 0.2) is 0 Å². The minimum absolute atomic E-state index is 0.0646. The Labute approximate surface area is 156 Å². The monoisotopic (exact) mass is 428 g/mol. The fourth-order valence-electron chi connectivity index (χ4n) is 3.63. The third-order valence-corrected chi connectivity index (χ3v) is 6.29. The lowest BCUT2D eigenvalue weighted by Crippen LogP contribution is -2.54. The van der Waals surface area contributed by atoms with E-state index in [-0.39, 0.29) is 32.1 Å². The van der Waals surface area contributed by atoms with Crippen molar-refractivity contribution in [1.82, 2.24) is 19.6 Å².